The van der Waals surface area contributed by atoms with Crippen molar-refractivity contribution in [2.75, 3.05) is 6.61 Å². The van der Waals surface area contributed by atoms with Gasteiger partial charge in [0, 0.05) is 17.8 Å². The first-order valence-corrected chi connectivity index (χ1v) is 12.1. The van der Waals surface area contributed by atoms with Crippen molar-refractivity contribution in [3.63, 3.8) is 0 Å². The van der Waals surface area contributed by atoms with E-state index in [-0.39, 0.29) is 23.4 Å². The SMILES string of the molecule is CC(=O)OCC(=O)[C@@]1(O)[C@H](c2ccco2)CC2C3CCC4=CC(O)CC[C@]4(C)C3=CC[C@@]21C. The molecule has 0 aliphatic heterocycles. The zero-order chi connectivity index (χ0) is 23.6. The Morgan fingerprint density at radius 2 is 2.06 bits per heavy atom. The van der Waals surface area contributed by atoms with Crippen LogP contribution in [-0.2, 0) is 14.3 Å². The molecule has 2 saturated carbocycles. The van der Waals surface area contributed by atoms with Gasteiger partial charge in [-0.15, -0.1) is 0 Å². The van der Waals surface area contributed by atoms with E-state index in [9.17, 15) is 19.8 Å². The van der Waals surface area contributed by atoms with Gasteiger partial charge >= 0.3 is 5.97 Å². The van der Waals surface area contributed by atoms with E-state index in [0.29, 0.717) is 18.6 Å². The van der Waals surface area contributed by atoms with Gasteiger partial charge in [0.1, 0.15) is 11.4 Å². The van der Waals surface area contributed by atoms with Crippen molar-refractivity contribution in [2.45, 2.75) is 76.9 Å². The second-order valence-electron chi connectivity index (χ2n) is 10.9. The Bertz CT molecular complexity index is 1020. The highest BCUT2D eigenvalue weighted by Gasteiger charge is 2.69. The van der Waals surface area contributed by atoms with E-state index < -0.39 is 35.3 Å². The molecule has 0 aromatic carbocycles. The molecule has 0 amide bonds. The van der Waals surface area contributed by atoms with Gasteiger partial charge in [0.15, 0.2) is 6.61 Å². The Hall–Kier alpha value is -2.18. The number of furan rings is 1. The number of allylic oxidation sites excluding steroid dienone is 3. The zero-order valence-corrected chi connectivity index (χ0v) is 19.7. The fourth-order valence-electron chi connectivity index (χ4n) is 7.66. The standard InChI is InChI=1S/C27H34O6/c1-16(28)33-15-24(30)27(31)22(23-5-4-12-32-23)14-21-19-7-6-17-13-18(29)8-10-25(17,2)20(19)9-11-26(21,27)3/h4-5,9,12-13,18-19,21-22,29,31H,6-8,10-11,14-15H2,1-3H3/t18?,19?,21?,22-,25-,26-,27-/m0/s1. The van der Waals surface area contributed by atoms with Gasteiger partial charge in [0.2, 0.25) is 5.78 Å². The highest BCUT2D eigenvalue weighted by atomic mass is 16.5. The van der Waals surface area contributed by atoms with Gasteiger partial charge in [-0.1, -0.05) is 37.1 Å². The number of esters is 1. The molecule has 6 heteroatoms. The number of hydrogen-bond donors (Lipinski definition) is 2. The second-order valence-corrected chi connectivity index (χ2v) is 10.9. The van der Waals surface area contributed by atoms with Gasteiger partial charge in [0.05, 0.1) is 18.3 Å². The third kappa shape index (κ3) is 3.13. The van der Waals surface area contributed by atoms with Gasteiger partial charge in [-0.2, -0.15) is 0 Å². The predicted molar refractivity (Wildman–Crippen MR) is 121 cm³/mol. The molecule has 2 N–H and O–H groups in total. The van der Waals surface area contributed by atoms with Crippen LogP contribution in [0.3, 0.4) is 0 Å². The van der Waals surface area contributed by atoms with Crippen LogP contribution in [0.1, 0.15) is 71.0 Å². The molecule has 5 rings (SSSR count). The topological polar surface area (TPSA) is 97.0 Å². The summed E-state index contributed by atoms with van der Waals surface area (Å²) in [6.45, 7) is 5.15. The van der Waals surface area contributed by atoms with Crippen LogP contribution in [0.15, 0.2) is 46.1 Å². The molecule has 178 valence electrons. The van der Waals surface area contributed by atoms with Gasteiger partial charge in [0.25, 0.3) is 0 Å². The summed E-state index contributed by atoms with van der Waals surface area (Å²) in [6.07, 6.45) is 10.3. The van der Waals surface area contributed by atoms with Crippen molar-refractivity contribution in [3.8, 4) is 0 Å². The lowest BCUT2D eigenvalue weighted by Gasteiger charge is -2.55. The largest absolute Gasteiger partial charge is 0.469 e. The Labute approximate surface area is 194 Å². The van der Waals surface area contributed by atoms with Crippen LogP contribution in [0.5, 0.6) is 0 Å². The Morgan fingerprint density at radius 3 is 2.76 bits per heavy atom. The summed E-state index contributed by atoms with van der Waals surface area (Å²) in [5.41, 5.74) is 0.291. The van der Waals surface area contributed by atoms with Crippen molar-refractivity contribution in [3.05, 3.63) is 47.5 Å². The molecule has 0 radical (unpaired) electrons. The van der Waals surface area contributed by atoms with E-state index in [1.54, 1.807) is 12.3 Å². The summed E-state index contributed by atoms with van der Waals surface area (Å²) < 4.78 is 10.8. The predicted octanol–water partition coefficient (Wildman–Crippen LogP) is 4.08. The zero-order valence-electron chi connectivity index (χ0n) is 19.7. The van der Waals surface area contributed by atoms with Crippen LogP contribution >= 0.6 is 0 Å². The van der Waals surface area contributed by atoms with Crippen LogP contribution in [-0.4, -0.2) is 40.3 Å². The third-order valence-electron chi connectivity index (χ3n) is 9.44. The van der Waals surface area contributed by atoms with E-state index >= 15 is 0 Å². The van der Waals surface area contributed by atoms with Crippen LogP contribution in [0.2, 0.25) is 0 Å². The molecule has 2 fully saturated rings. The number of aliphatic hydroxyl groups is 2. The highest BCUT2D eigenvalue weighted by Crippen LogP contribution is 2.68. The Morgan fingerprint density at radius 1 is 1.27 bits per heavy atom. The molecule has 1 aromatic heterocycles. The fourth-order valence-corrected chi connectivity index (χ4v) is 7.66. The summed E-state index contributed by atoms with van der Waals surface area (Å²) in [6, 6.07) is 3.61. The lowest BCUT2D eigenvalue weighted by Crippen LogP contribution is -2.57. The third-order valence-corrected chi connectivity index (χ3v) is 9.44. The van der Waals surface area contributed by atoms with Gasteiger partial charge in [-0.25, -0.2) is 0 Å². The average Bonchev–Trinajstić information content (AvgIpc) is 3.38. The van der Waals surface area contributed by atoms with Crippen molar-refractivity contribution < 1.29 is 29.0 Å². The van der Waals surface area contributed by atoms with E-state index in [2.05, 4.69) is 13.0 Å². The maximum Gasteiger partial charge on any atom is 0.303 e. The maximum absolute atomic E-state index is 13.5. The van der Waals surface area contributed by atoms with Gasteiger partial charge in [-0.3, -0.25) is 9.59 Å². The number of hydrogen-bond acceptors (Lipinski definition) is 6. The molecular weight excluding hydrogens is 420 g/mol. The molecule has 7 atom stereocenters. The molecule has 0 bridgehead atoms. The number of carbonyl (C=O) groups is 2. The molecule has 0 saturated heterocycles. The minimum atomic E-state index is -1.69. The average molecular weight is 455 g/mol. The maximum atomic E-state index is 13.5. The molecule has 4 aliphatic rings. The quantitative estimate of drug-likeness (QED) is 0.526. The molecule has 1 aromatic rings. The first-order valence-electron chi connectivity index (χ1n) is 12.1. The number of fused-ring (bicyclic) bond motifs is 5. The molecular formula is C27H34O6. The first-order chi connectivity index (χ1) is 15.6. The molecule has 6 nitrogen and oxygen atoms in total. The monoisotopic (exact) mass is 454 g/mol. The smallest absolute Gasteiger partial charge is 0.303 e. The molecule has 3 unspecified atom stereocenters. The minimum absolute atomic E-state index is 0.0634. The van der Waals surface area contributed by atoms with Gasteiger partial charge in [-0.05, 0) is 62.5 Å². The number of rotatable bonds is 4. The van der Waals surface area contributed by atoms with E-state index in [1.807, 2.05) is 19.1 Å². The molecule has 0 spiro atoms. The first kappa shape index (κ1) is 22.6. The summed E-state index contributed by atoms with van der Waals surface area (Å²) in [5, 5.41) is 22.4. The van der Waals surface area contributed by atoms with E-state index in [4.69, 9.17) is 9.15 Å². The normalized spacial score (nSPS) is 41.8. The summed E-state index contributed by atoms with van der Waals surface area (Å²) in [5.74, 6) is -0.515. The molecule has 4 aliphatic carbocycles. The number of carbonyl (C=O) groups excluding carboxylic acids is 2. The van der Waals surface area contributed by atoms with Crippen molar-refractivity contribution in [1.82, 2.24) is 0 Å². The number of Topliss-reactive ketones (excluding diaryl/α,β-unsaturated/α-hetero) is 1. The second kappa shape index (κ2) is 7.67. The van der Waals surface area contributed by atoms with Crippen LogP contribution < -0.4 is 0 Å². The van der Waals surface area contributed by atoms with Crippen molar-refractivity contribution >= 4 is 11.8 Å². The van der Waals surface area contributed by atoms with Crippen molar-refractivity contribution in [1.29, 1.82) is 0 Å². The molecule has 33 heavy (non-hydrogen) atoms. The number of aliphatic hydroxyl groups excluding tert-OH is 1. The van der Waals surface area contributed by atoms with Crippen LogP contribution in [0.4, 0.5) is 0 Å². The highest BCUT2D eigenvalue weighted by molar-refractivity contribution is 5.92. The van der Waals surface area contributed by atoms with E-state index in [1.165, 1.54) is 18.1 Å². The lowest BCUT2D eigenvalue weighted by molar-refractivity contribution is -0.165. The van der Waals surface area contributed by atoms with Crippen molar-refractivity contribution in [2.24, 2.45) is 22.7 Å². The summed E-state index contributed by atoms with van der Waals surface area (Å²) in [7, 11) is 0. The number of ether oxygens (including phenoxy) is 1. The Balaban J connectivity index is 1.57. The summed E-state index contributed by atoms with van der Waals surface area (Å²) in [4.78, 5) is 24.9. The Kier molecular flexibility index (Phi) is 5.25. The minimum Gasteiger partial charge on any atom is -0.469 e. The van der Waals surface area contributed by atoms with Crippen LogP contribution in [0.25, 0.3) is 0 Å². The van der Waals surface area contributed by atoms with E-state index in [0.717, 1.165) is 25.7 Å². The lowest BCUT2D eigenvalue weighted by atomic mass is 9.50. The number of ketones is 1. The molecule has 1 heterocycles. The van der Waals surface area contributed by atoms with Crippen LogP contribution in [0, 0.1) is 22.7 Å². The fraction of sp³-hybridized carbons (Fsp3) is 0.630. The van der Waals surface area contributed by atoms with Gasteiger partial charge < -0.3 is 19.4 Å². The summed E-state index contributed by atoms with van der Waals surface area (Å²) >= 11 is 0.